The molecular formula is C14H9ClF3NO2S. The molecule has 2 rings (SSSR count). The van der Waals surface area contributed by atoms with Crippen LogP contribution in [0.25, 0.3) is 0 Å². The summed E-state index contributed by atoms with van der Waals surface area (Å²) in [5, 5.41) is 3.02. The van der Waals surface area contributed by atoms with E-state index in [-0.39, 0.29) is 11.4 Å². The van der Waals surface area contributed by atoms with E-state index >= 15 is 0 Å². The first-order valence-corrected chi connectivity index (χ1v) is 7.21. The summed E-state index contributed by atoms with van der Waals surface area (Å²) >= 11 is 6.43. The quantitative estimate of drug-likeness (QED) is 0.847. The molecule has 1 N–H and O–H groups in total. The number of thiophene rings is 1. The zero-order valence-electron chi connectivity index (χ0n) is 10.9. The van der Waals surface area contributed by atoms with Gasteiger partial charge in [0.2, 0.25) is 0 Å². The molecule has 0 spiro atoms. The Morgan fingerprint density at radius 3 is 2.36 bits per heavy atom. The molecule has 2 aromatic rings. The summed E-state index contributed by atoms with van der Waals surface area (Å²) in [4.78, 5) is 22.5. The van der Waals surface area contributed by atoms with Crippen LogP contribution in [0.3, 0.4) is 0 Å². The van der Waals surface area contributed by atoms with E-state index in [1.54, 1.807) is 24.3 Å². The van der Waals surface area contributed by atoms with Crippen LogP contribution in [0.15, 0.2) is 36.4 Å². The summed E-state index contributed by atoms with van der Waals surface area (Å²) in [5.74, 6) is -2.52. The monoisotopic (exact) mass is 347 g/mol. The average Bonchev–Trinajstić information content (AvgIpc) is 2.94. The fourth-order valence-corrected chi connectivity index (χ4v) is 2.71. The highest BCUT2D eigenvalue weighted by atomic mass is 35.5. The SMILES string of the molecule is O=C(NCc1ccccc1Cl)c1ccc(C(=O)C(F)(F)F)s1. The summed E-state index contributed by atoms with van der Waals surface area (Å²) in [6.45, 7) is 0.138. The Morgan fingerprint density at radius 2 is 1.73 bits per heavy atom. The van der Waals surface area contributed by atoms with E-state index in [1.807, 2.05) is 0 Å². The minimum absolute atomic E-state index is 0.0275. The molecule has 0 saturated heterocycles. The Hall–Kier alpha value is -1.86. The highest BCUT2D eigenvalue weighted by Crippen LogP contribution is 2.26. The predicted octanol–water partition coefficient (Wildman–Crippen LogP) is 4.08. The van der Waals surface area contributed by atoms with E-state index in [1.165, 1.54) is 6.07 Å². The minimum atomic E-state index is -4.95. The first kappa shape index (κ1) is 16.5. The smallest absolute Gasteiger partial charge is 0.347 e. The van der Waals surface area contributed by atoms with Crippen LogP contribution in [0.2, 0.25) is 5.02 Å². The molecule has 116 valence electrons. The van der Waals surface area contributed by atoms with Crippen molar-refractivity contribution in [1.29, 1.82) is 0 Å². The number of halogens is 4. The Morgan fingerprint density at radius 1 is 1.09 bits per heavy atom. The van der Waals surface area contributed by atoms with Gasteiger partial charge in [-0.2, -0.15) is 13.2 Å². The zero-order chi connectivity index (χ0) is 16.3. The van der Waals surface area contributed by atoms with E-state index in [2.05, 4.69) is 5.32 Å². The van der Waals surface area contributed by atoms with Crippen molar-refractivity contribution in [3.05, 3.63) is 56.7 Å². The van der Waals surface area contributed by atoms with Crippen LogP contribution in [0.5, 0.6) is 0 Å². The second kappa shape index (κ2) is 6.50. The fraction of sp³-hybridized carbons (Fsp3) is 0.143. The van der Waals surface area contributed by atoms with Crippen LogP contribution in [0.1, 0.15) is 24.9 Å². The van der Waals surface area contributed by atoms with Gasteiger partial charge in [-0.05, 0) is 23.8 Å². The van der Waals surface area contributed by atoms with Gasteiger partial charge in [0.1, 0.15) is 0 Å². The largest absolute Gasteiger partial charge is 0.455 e. The highest BCUT2D eigenvalue weighted by Gasteiger charge is 2.40. The Labute approximate surface area is 132 Å². The Kier molecular flexibility index (Phi) is 4.87. The molecule has 0 aliphatic heterocycles. The first-order valence-electron chi connectivity index (χ1n) is 6.02. The van der Waals surface area contributed by atoms with Gasteiger partial charge in [-0.25, -0.2) is 0 Å². The molecule has 0 bridgehead atoms. The second-order valence-electron chi connectivity index (χ2n) is 4.26. The van der Waals surface area contributed by atoms with Crippen LogP contribution >= 0.6 is 22.9 Å². The maximum Gasteiger partial charge on any atom is 0.455 e. The minimum Gasteiger partial charge on any atom is -0.347 e. The van der Waals surface area contributed by atoms with Gasteiger partial charge in [0.05, 0.1) is 9.75 Å². The van der Waals surface area contributed by atoms with Gasteiger partial charge in [0.25, 0.3) is 11.7 Å². The van der Waals surface area contributed by atoms with Crippen LogP contribution in [0.4, 0.5) is 13.2 Å². The maximum atomic E-state index is 12.3. The molecule has 0 saturated carbocycles. The standard InChI is InChI=1S/C14H9ClF3NO2S/c15-9-4-2-1-3-8(9)7-19-13(21)11-6-5-10(22-11)12(20)14(16,17)18/h1-6H,7H2,(H,19,21). The number of carbonyl (C=O) groups excluding carboxylic acids is 2. The number of benzene rings is 1. The molecule has 1 aromatic carbocycles. The third-order valence-corrected chi connectivity index (χ3v) is 4.16. The van der Waals surface area contributed by atoms with Crippen LogP contribution in [0, 0.1) is 0 Å². The number of ketones is 1. The van der Waals surface area contributed by atoms with Gasteiger partial charge in [-0.1, -0.05) is 29.8 Å². The van der Waals surface area contributed by atoms with Crippen molar-refractivity contribution in [1.82, 2.24) is 5.32 Å². The number of hydrogen-bond acceptors (Lipinski definition) is 3. The highest BCUT2D eigenvalue weighted by molar-refractivity contribution is 7.16. The number of rotatable bonds is 4. The molecule has 0 unspecified atom stereocenters. The molecule has 0 fully saturated rings. The lowest BCUT2D eigenvalue weighted by atomic mass is 10.2. The zero-order valence-corrected chi connectivity index (χ0v) is 12.5. The molecule has 1 aromatic heterocycles. The molecule has 0 atom stereocenters. The lowest BCUT2D eigenvalue weighted by molar-refractivity contribution is -0.0882. The van der Waals surface area contributed by atoms with Crippen molar-refractivity contribution in [3.63, 3.8) is 0 Å². The molecule has 3 nitrogen and oxygen atoms in total. The van der Waals surface area contributed by atoms with Crippen molar-refractivity contribution in [2.75, 3.05) is 0 Å². The number of amides is 1. The molecule has 0 aliphatic rings. The van der Waals surface area contributed by atoms with Crippen LogP contribution < -0.4 is 5.32 Å². The summed E-state index contributed by atoms with van der Waals surface area (Å²) in [6, 6.07) is 9.04. The summed E-state index contributed by atoms with van der Waals surface area (Å²) in [6.07, 6.45) is -4.95. The first-order chi connectivity index (χ1) is 10.3. The summed E-state index contributed by atoms with van der Waals surface area (Å²) in [5.41, 5.74) is 0.681. The molecule has 22 heavy (non-hydrogen) atoms. The van der Waals surface area contributed by atoms with Gasteiger partial charge in [-0.15, -0.1) is 11.3 Å². The maximum absolute atomic E-state index is 12.3. The van der Waals surface area contributed by atoms with Gasteiger partial charge in [-0.3, -0.25) is 9.59 Å². The van der Waals surface area contributed by atoms with Crippen LogP contribution in [-0.2, 0) is 6.54 Å². The number of Topliss-reactive ketones (excluding diaryl/α,β-unsaturated/α-hetero) is 1. The Balaban J connectivity index is 2.04. The van der Waals surface area contributed by atoms with E-state index in [0.29, 0.717) is 21.9 Å². The van der Waals surface area contributed by atoms with Crippen molar-refractivity contribution >= 4 is 34.6 Å². The molecule has 0 aliphatic carbocycles. The molecular weight excluding hydrogens is 339 g/mol. The lowest BCUT2D eigenvalue weighted by Crippen LogP contribution is -2.22. The molecule has 0 radical (unpaired) electrons. The van der Waals surface area contributed by atoms with E-state index in [4.69, 9.17) is 11.6 Å². The van der Waals surface area contributed by atoms with E-state index in [9.17, 15) is 22.8 Å². The summed E-state index contributed by atoms with van der Waals surface area (Å²) in [7, 11) is 0. The molecule has 8 heteroatoms. The predicted molar refractivity (Wildman–Crippen MR) is 77.3 cm³/mol. The second-order valence-corrected chi connectivity index (χ2v) is 5.76. The molecule has 1 heterocycles. The van der Waals surface area contributed by atoms with Crippen molar-refractivity contribution < 1.29 is 22.8 Å². The van der Waals surface area contributed by atoms with Gasteiger partial charge < -0.3 is 5.32 Å². The number of alkyl halides is 3. The van der Waals surface area contributed by atoms with Crippen molar-refractivity contribution in [3.8, 4) is 0 Å². The third-order valence-electron chi connectivity index (χ3n) is 2.71. The Bertz CT molecular complexity index is 712. The van der Waals surface area contributed by atoms with Gasteiger partial charge in [0.15, 0.2) is 0 Å². The fourth-order valence-electron chi connectivity index (χ4n) is 1.63. The van der Waals surface area contributed by atoms with Crippen LogP contribution in [-0.4, -0.2) is 17.9 Å². The third kappa shape index (κ3) is 3.86. The van der Waals surface area contributed by atoms with Gasteiger partial charge >= 0.3 is 6.18 Å². The van der Waals surface area contributed by atoms with Gasteiger partial charge in [0, 0.05) is 11.6 Å². The van der Waals surface area contributed by atoms with E-state index < -0.39 is 22.7 Å². The average molecular weight is 348 g/mol. The summed E-state index contributed by atoms with van der Waals surface area (Å²) < 4.78 is 36.9. The lowest BCUT2D eigenvalue weighted by Gasteiger charge is -2.05. The van der Waals surface area contributed by atoms with Crippen molar-refractivity contribution in [2.24, 2.45) is 0 Å². The van der Waals surface area contributed by atoms with E-state index in [0.717, 1.165) is 6.07 Å². The van der Waals surface area contributed by atoms with Crippen molar-refractivity contribution in [2.45, 2.75) is 12.7 Å². The molecule has 1 amide bonds. The number of nitrogens with one attached hydrogen (secondary N) is 1. The number of carbonyl (C=O) groups is 2. The topological polar surface area (TPSA) is 46.2 Å². The normalized spacial score (nSPS) is 11.3. The number of hydrogen-bond donors (Lipinski definition) is 1.